The van der Waals surface area contributed by atoms with E-state index in [1.165, 1.54) is 17.0 Å². The normalized spacial score (nSPS) is 15.5. The highest BCUT2D eigenvalue weighted by Gasteiger charge is 2.13. The van der Waals surface area contributed by atoms with E-state index in [1.54, 1.807) is 12.1 Å². The number of quaternary nitrogens is 1. The monoisotopic (exact) mass is 308 g/mol. The predicted octanol–water partition coefficient (Wildman–Crippen LogP) is -0.441. The molecule has 0 atom stereocenters. The van der Waals surface area contributed by atoms with Crippen molar-refractivity contribution in [1.29, 1.82) is 0 Å². The summed E-state index contributed by atoms with van der Waals surface area (Å²) in [5, 5.41) is 13.4. The van der Waals surface area contributed by atoms with E-state index >= 15 is 0 Å². The number of nitrogens with zero attached hydrogens (tertiary/aromatic N) is 1. The zero-order chi connectivity index (χ0) is 15.8. The van der Waals surface area contributed by atoms with Crippen LogP contribution in [0.5, 0.6) is 0 Å². The number of nitro benzene ring substituents is 1. The summed E-state index contributed by atoms with van der Waals surface area (Å²) in [5.74, 6) is -0.0502. The summed E-state index contributed by atoms with van der Waals surface area (Å²) >= 11 is 0. The van der Waals surface area contributed by atoms with E-state index in [0.717, 1.165) is 44.8 Å². The van der Waals surface area contributed by atoms with Gasteiger partial charge in [-0.3, -0.25) is 14.9 Å². The number of ether oxygens (including phenoxy) is 1. The molecule has 2 N–H and O–H groups in total. The van der Waals surface area contributed by atoms with Crippen LogP contribution in [0.1, 0.15) is 12.0 Å². The lowest BCUT2D eigenvalue weighted by molar-refractivity contribution is -0.908. The first-order chi connectivity index (χ1) is 10.6. The summed E-state index contributed by atoms with van der Waals surface area (Å²) in [7, 11) is 0. The maximum absolute atomic E-state index is 11.8. The van der Waals surface area contributed by atoms with Gasteiger partial charge in [0.05, 0.1) is 31.1 Å². The van der Waals surface area contributed by atoms with Gasteiger partial charge in [-0.2, -0.15) is 0 Å². The first kappa shape index (κ1) is 16.4. The number of carbonyl (C=O) groups is 1. The van der Waals surface area contributed by atoms with Gasteiger partial charge in [0, 0.05) is 25.1 Å². The van der Waals surface area contributed by atoms with E-state index in [4.69, 9.17) is 4.74 Å². The fourth-order valence-corrected chi connectivity index (χ4v) is 2.46. The van der Waals surface area contributed by atoms with Crippen LogP contribution >= 0.6 is 0 Å². The molecule has 1 amide bonds. The van der Waals surface area contributed by atoms with Gasteiger partial charge in [0.2, 0.25) is 5.91 Å². The van der Waals surface area contributed by atoms with Crippen LogP contribution in [0.3, 0.4) is 0 Å². The van der Waals surface area contributed by atoms with E-state index in [2.05, 4.69) is 5.32 Å². The van der Waals surface area contributed by atoms with Crippen LogP contribution in [0, 0.1) is 10.1 Å². The van der Waals surface area contributed by atoms with Gasteiger partial charge in [-0.1, -0.05) is 12.1 Å². The Hall–Kier alpha value is -1.99. The van der Waals surface area contributed by atoms with E-state index in [9.17, 15) is 14.9 Å². The van der Waals surface area contributed by atoms with E-state index in [-0.39, 0.29) is 18.0 Å². The number of non-ortho nitro benzene ring substituents is 1. The average Bonchev–Trinajstić information content (AvgIpc) is 2.53. The highest BCUT2D eigenvalue weighted by atomic mass is 16.6. The minimum absolute atomic E-state index is 0.0395. The largest absolute Gasteiger partial charge is 0.370 e. The molecule has 2 rings (SSSR count). The summed E-state index contributed by atoms with van der Waals surface area (Å²) in [6.07, 6.45) is 1.20. The second-order valence-corrected chi connectivity index (χ2v) is 5.42. The topological polar surface area (TPSA) is 85.9 Å². The zero-order valence-corrected chi connectivity index (χ0v) is 12.5. The van der Waals surface area contributed by atoms with Crippen molar-refractivity contribution in [2.24, 2.45) is 0 Å². The van der Waals surface area contributed by atoms with E-state index < -0.39 is 4.92 Å². The molecule has 0 aliphatic carbocycles. The summed E-state index contributed by atoms with van der Waals surface area (Å²) in [6, 6.07) is 6.08. The molecule has 0 unspecified atom stereocenters. The molecule has 7 heteroatoms. The Labute approximate surface area is 129 Å². The van der Waals surface area contributed by atoms with Gasteiger partial charge in [0.15, 0.2) is 0 Å². The Balaban J connectivity index is 1.63. The van der Waals surface area contributed by atoms with Gasteiger partial charge < -0.3 is 15.0 Å². The van der Waals surface area contributed by atoms with Crippen molar-refractivity contribution in [2.45, 2.75) is 12.8 Å². The van der Waals surface area contributed by atoms with Crippen LogP contribution in [0.4, 0.5) is 5.69 Å². The van der Waals surface area contributed by atoms with Crippen molar-refractivity contribution >= 4 is 11.6 Å². The molecule has 1 saturated heterocycles. The standard InChI is InChI=1S/C15H21N3O4/c19-15(12-13-2-4-14(5-3-13)18(20)21)16-6-1-7-17-8-10-22-11-9-17/h2-5H,1,6-12H2,(H,16,19)/p+1. The van der Waals surface area contributed by atoms with Crippen LogP contribution in [-0.2, 0) is 16.0 Å². The minimum atomic E-state index is -0.447. The van der Waals surface area contributed by atoms with Crippen molar-refractivity contribution < 1.29 is 19.4 Å². The number of carbonyl (C=O) groups excluding carboxylic acids is 1. The summed E-state index contributed by atoms with van der Waals surface area (Å²) in [6.45, 7) is 5.43. The van der Waals surface area contributed by atoms with Gasteiger partial charge in [-0.25, -0.2) is 0 Å². The van der Waals surface area contributed by atoms with E-state index in [0.29, 0.717) is 6.54 Å². The smallest absolute Gasteiger partial charge is 0.269 e. The van der Waals surface area contributed by atoms with Gasteiger partial charge in [-0.05, 0) is 5.56 Å². The maximum Gasteiger partial charge on any atom is 0.269 e. The fraction of sp³-hybridized carbons (Fsp3) is 0.533. The Morgan fingerprint density at radius 2 is 1.95 bits per heavy atom. The number of nitrogens with one attached hydrogen (secondary N) is 2. The Morgan fingerprint density at radius 1 is 1.27 bits per heavy atom. The SMILES string of the molecule is O=C(Cc1ccc([N+](=O)[O-])cc1)NCCC[NH+]1CCOCC1. The Bertz CT molecular complexity index is 498. The minimum Gasteiger partial charge on any atom is -0.370 e. The molecule has 1 aromatic rings. The van der Waals surface area contributed by atoms with Gasteiger partial charge in [-0.15, -0.1) is 0 Å². The molecule has 22 heavy (non-hydrogen) atoms. The molecule has 0 radical (unpaired) electrons. The molecule has 1 fully saturated rings. The Morgan fingerprint density at radius 3 is 2.59 bits per heavy atom. The molecule has 0 saturated carbocycles. The first-order valence-corrected chi connectivity index (χ1v) is 7.56. The average molecular weight is 308 g/mol. The lowest BCUT2D eigenvalue weighted by Gasteiger charge is -2.23. The quantitative estimate of drug-likeness (QED) is 0.406. The lowest BCUT2D eigenvalue weighted by Crippen LogP contribution is -3.14. The summed E-state index contributed by atoms with van der Waals surface area (Å²) in [4.78, 5) is 23.4. The number of hydrogen-bond acceptors (Lipinski definition) is 4. The number of nitro groups is 1. The number of amides is 1. The highest BCUT2D eigenvalue weighted by molar-refractivity contribution is 5.78. The van der Waals surface area contributed by atoms with Crippen LogP contribution in [0.2, 0.25) is 0 Å². The number of rotatable bonds is 7. The number of hydrogen-bond donors (Lipinski definition) is 2. The van der Waals surface area contributed by atoms with Crippen molar-refractivity contribution in [3.05, 3.63) is 39.9 Å². The molecule has 1 aromatic carbocycles. The van der Waals surface area contributed by atoms with Gasteiger partial charge >= 0.3 is 0 Å². The molecule has 120 valence electrons. The van der Waals surface area contributed by atoms with Crippen LogP contribution in [-0.4, -0.2) is 50.2 Å². The third kappa shape index (κ3) is 5.42. The number of morpholine rings is 1. The van der Waals surface area contributed by atoms with Crippen molar-refractivity contribution in [3.8, 4) is 0 Å². The molecule has 7 nitrogen and oxygen atoms in total. The lowest BCUT2D eigenvalue weighted by atomic mass is 10.1. The van der Waals surface area contributed by atoms with Crippen LogP contribution in [0.15, 0.2) is 24.3 Å². The highest BCUT2D eigenvalue weighted by Crippen LogP contribution is 2.12. The molecule has 0 bridgehead atoms. The van der Waals surface area contributed by atoms with Gasteiger partial charge in [0.25, 0.3) is 5.69 Å². The molecule has 1 heterocycles. The van der Waals surface area contributed by atoms with Crippen molar-refractivity contribution in [2.75, 3.05) is 39.4 Å². The van der Waals surface area contributed by atoms with Crippen molar-refractivity contribution in [1.82, 2.24) is 5.32 Å². The fourth-order valence-electron chi connectivity index (χ4n) is 2.46. The molecular weight excluding hydrogens is 286 g/mol. The first-order valence-electron chi connectivity index (χ1n) is 7.56. The second kappa shape index (κ2) is 8.45. The van der Waals surface area contributed by atoms with Crippen LogP contribution in [0.25, 0.3) is 0 Å². The molecule has 1 aliphatic heterocycles. The van der Waals surface area contributed by atoms with E-state index in [1.807, 2.05) is 0 Å². The van der Waals surface area contributed by atoms with Crippen LogP contribution < -0.4 is 10.2 Å². The third-order valence-electron chi connectivity index (χ3n) is 3.74. The van der Waals surface area contributed by atoms with Gasteiger partial charge in [0.1, 0.15) is 13.1 Å². The summed E-state index contributed by atoms with van der Waals surface area (Å²) < 4.78 is 5.30. The third-order valence-corrected chi connectivity index (χ3v) is 3.74. The van der Waals surface area contributed by atoms with Crippen molar-refractivity contribution in [3.63, 3.8) is 0 Å². The Kier molecular flexibility index (Phi) is 6.29. The zero-order valence-electron chi connectivity index (χ0n) is 12.5. The number of benzene rings is 1. The molecule has 1 aliphatic rings. The predicted molar refractivity (Wildman–Crippen MR) is 80.8 cm³/mol. The summed E-state index contributed by atoms with van der Waals surface area (Å²) in [5.41, 5.74) is 0.819. The molecule has 0 aromatic heterocycles. The second-order valence-electron chi connectivity index (χ2n) is 5.42. The maximum atomic E-state index is 11.8. The molecular formula is C15H22N3O4+. The molecule has 0 spiro atoms.